The van der Waals surface area contributed by atoms with Gasteiger partial charge in [-0.2, -0.15) is 0 Å². The fourth-order valence-corrected chi connectivity index (χ4v) is 4.49. The van der Waals surface area contributed by atoms with Gasteiger partial charge in [-0.1, -0.05) is 20.3 Å². The highest BCUT2D eigenvalue weighted by molar-refractivity contribution is 7.99. The Morgan fingerprint density at radius 3 is 2.41 bits per heavy atom. The number of rotatable bonds is 8. The first-order chi connectivity index (χ1) is 12.7. The molecule has 0 aromatic rings. The van der Waals surface area contributed by atoms with Crippen LogP contribution in [0.3, 0.4) is 0 Å². The third-order valence-electron chi connectivity index (χ3n) is 5.47. The normalized spacial score (nSPS) is 38.9. The van der Waals surface area contributed by atoms with Crippen molar-refractivity contribution in [3.63, 3.8) is 0 Å². The van der Waals surface area contributed by atoms with Crippen molar-refractivity contribution in [1.29, 1.82) is 0 Å². The molecule has 5 N–H and O–H groups in total. The first-order valence-corrected chi connectivity index (χ1v) is 11.3. The number of carbonyl (C=O) groups excluding carboxylic acids is 1. The van der Waals surface area contributed by atoms with Crippen molar-refractivity contribution in [2.45, 2.75) is 80.9 Å². The maximum Gasteiger partial charge on any atom is 0.237 e. The van der Waals surface area contributed by atoms with Gasteiger partial charge in [0, 0.05) is 6.54 Å². The maximum absolute atomic E-state index is 12.8. The molecule has 7 nitrogen and oxygen atoms in total. The van der Waals surface area contributed by atoms with Crippen LogP contribution in [-0.2, 0) is 9.53 Å². The van der Waals surface area contributed by atoms with Crippen molar-refractivity contribution < 1.29 is 24.9 Å². The summed E-state index contributed by atoms with van der Waals surface area (Å²) in [5.41, 5.74) is -0.705. The van der Waals surface area contributed by atoms with Gasteiger partial charge in [0.05, 0.1) is 17.5 Å². The summed E-state index contributed by atoms with van der Waals surface area (Å²) in [4.78, 5) is 12.8. The van der Waals surface area contributed by atoms with Crippen LogP contribution in [0.15, 0.2) is 0 Å². The molecule has 9 atom stereocenters. The first kappa shape index (κ1) is 23.2. The Labute approximate surface area is 170 Å². The summed E-state index contributed by atoms with van der Waals surface area (Å²) < 4.78 is 5.78. The molecule has 2 saturated heterocycles. The van der Waals surface area contributed by atoms with Crippen LogP contribution in [0.5, 0.6) is 0 Å². The number of aliphatic hydroxyl groups excluding tert-OH is 3. The predicted octanol–water partition coefficient (Wildman–Crippen LogP) is 0.293. The Morgan fingerprint density at radius 2 is 1.93 bits per heavy atom. The van der Waals surface area contributed by atoms with Crippen molar-refractivity contribution in [3.8, 4) is 0 Å². The quantitative estimate of drug-likeness (QED) is 0.356. The van der Waals surface area contributed by atoms with E-state index in [9.17, 15) is 20.1 Å². The van der Waals surface area contributed by atoms with Crippen LogP contribution in [0.2, 0.25) is 0 Å². The highest BCUT2D eigenvalue weighted by Crippen LogP contribution is 2.30. The molecule has 2 aliphatic rings. The highest BCUT2D eigenvalue weighted by atomic mass is 35.5. The molecule has 0 aromatic heterocycles. The lowest BCUT2D eigenvalue weighted by molar-refractivity contribution is -0.205. The number of hydrogen-bond donors (Lipinski definition) is 5. The Kier molecular flexibility index (Phi) is 8.67. The number of aliphatic hydroxyl groups is 3. The fraction of sp³-hybridized carbons (Fsp3) is 0.944. The van der Waals surface area contributed by atoms with E-state index >= 15 is 0 Å². The zero-order chi connectivity index (χ0) is 20.3. The van der Waals surface area contributed by atoms with Crippen LogP contribution in [0.4, 0.5) is 0 Å². The lowest BCUT2D eigenvalue weighted by atomic mass is 9.84. The Balaban J connectivity index is 2.03. The summed E-state index contributed by atoms with van der Waals surface area (Å²) >= 11 is 7.52. The molecule has 0 spiro atoms. The number of nitrogens with one attached hydrogen (secondary N) is 2. The fourth-order valence-electron chi connectivity index (χ4n) is 3.60. The number of ether oxygens (including phenoxy) is 1. The SMILES string of the molecule is CS[C@H]1O[C@H]([C@H](NC(=O)[C@H]2NC[C@@H]2CCC(C)C)[C@H](C)Cl)[C@H](O)[C@H](O)[C@H]1O. The second-order valence-corrected chi connectivity index (χ2v) is 9.63. The number of carbonyl (C=O) groups is 1. The topological polar surface area (TPSA) is 111 Å². The lowest BCUT2D eigenvalue weighted by Gasteiger charge is -2.45. The molecule has 0 bridgehead atoms. The van der Waals surface area contributed by atoms with E-state index in [1.54, 1.807) is 13.2 Å². The minimum Gasteiger partial charge on any atom is -0.388 e. The van der Waals surface area contributed by atoms with Gasteiger partial charge in [0.1, 0.15) is 29.9 Å². The zero-order valence-electron chi connectivity index (χ0n) is 16.3. The third kappa shape index (κ3) is 5.50. The average molecular weight is 425 g/mol. The summed E-state index contributed by atoms with van der Waals surface area (Å²) in [5, 5.41) is 36.1. The summed E-state index contributed by atoms with van der Waals surface area (Å²) in [6, 6.07) is -0.978. The van der Waals surface area contributed by atoms with Crippen LogP contribution in [0.25, 0.3) is 0 Å². The maximum atomic E-state index is 12.8. The average Bonchev–Trinajstić information content (AvgIpc) is 2.57. The standard InChI is InChI=1S/C18H33ClN2O5S/c1-8(2)5-6-10-7-20-12(10)17(25)21-11(9(3)19)16-14(23)13(22)15(24)18(26-16)27-4/h8-16,18,20,22-24H,5-7H2,1-4H3,(H,21,25)/t9-,10-,11+,12-,13-,14+,15+,16+,18+/m0/s1. The number of alkyl halides is 1. The number of amides is 1. The molecular weight excluding hydrogens is 392 g/mol. The van der Waals surface area contributed by atoms with Crippen LogP contribution >= 0.6 is 23.4 Å². The van der Waals surface area contributed by atoms with E-state index in [2.05, 4.69) is 24.5 Å². The summed E-state index contributed by atoms with van der Waals surface area (Å²) in [5.74, 6) is 0.693. The van der Waals surface area contributed by atoms with E-state index in [4.69, 9.17) is 16.3 Å². The molecule has 1 amide bonds. The molecular formula is C18H33ClN2O5S. The molecule has 2 fully saturated rings. The highest BCUT2D eigenvalue weighted by Gasteiger charge is 2.48. The monoisotopic (exact) mass is 424 g/mol. The Bertz CT molecular complexity index is 496. The zero-order valence-corrected chi connectivity index (χ0v) is 17.9. The smallest absolute Gasteiger partial charge is 0.237 e. The molecule has 158 valence electrons. The molecule has 2 aliphatic heterocycles. The molecule has 0 aromatic carbocycles. The van der Waals surface area contributed by atoms with Gasteiger partial charge < -0.3 is 30.7 Å². The van der Waals surface area contributed by atoms with Crippen molar-refractivity contribution in [3.05, 3.63) is 0 Å². The van der Waals surface area contributed by atoms with Gasteiger partial charge >= 0.3 is 0 Å². The first-order valence-electron chi connectivity index (χ1n) is 9.57. The second-order valence-electron chi connectivity index (χ2n) is 8.01. The minimum atomic E-state index is -1.36. The van der Waals surface area contributed by atoms with E-state index in [0.29, 0.717) is 5.92 Å². The van der Waals surface area contributed by atoms with E-state index in [1.807, 2.05) is 0 Å². The van der Waals surface area contributed by atoms with Crippen molar-refractivity contribution >= 4 is 29.3 Å². The molecule has 2 rings (SSSR count). The van der Waals surface area contributed by atoms with Gasteiger partial charge in [0.2, 0.25) is 5.91 Å². The van der Waals surface area contributed by atoms with Crippen molar-refractivity contribution in [2.24, 2.45) is 11.8 Å². The van der Waals surface area contributed by atoms with Crippen LogP contribution in [0, 0.1) is 11.8 Å². The molecule has 9 heteroatoms. The summed E-state index contributed by atoms with van der Waals surface area (Å²) in [6.07, 6.45) is -1.04. The molecule has 27 heavy (non-hydrogen) atoms. The number of hydrogen-bond acceptors (Lipinski definition) is 7. The number of halogens is 1. The molecule has 0 aliphatic carbocycles. The summed E-state index contributed by atoms with van der Waals surface area (Å²) in [7, 11) is 0. The van der Waals surface area contributed by atoms with Gasteiger partial charge in [-0.15, -0.1) is 23.4 Å². The van der Waals surface area contributed by atoms with Gasteiger partial charge in [0.15, 0.2) is 0 Å². The Hall–Kier alpha value is -0.0900. The second kappa shape index (κ2) is 10.1. The van der Waals surface area contributed by atoms with Gasteiger partial charge in [0.25, 0.3) is 0 Å². The molecule has 2 heterocycles. The van der Waals surface area contributed by atoms with E-state index in [-0.39, 0.29) is 17.9 Å². The van der Waals surface area contributed by atoms with Crippen molar-refractivity contribution in [2.75, 3.05) is 12.8 Å². The van der Waals surface area contributed by atoms with Gasteiger partial charge in [-0.3, -0.25) is 4.79 Å². The minimum absolute atomic E-state index is 0.176. The number of thioether (sulfide) groups is 1. The Morgan fingerprint density at radius 1 is 1.26 bits per heavy atom. The van der Waals surface area contributed by atoms with Crippen LogP contribution in [0.1, 0.15) is 33.6 Å². The van der Waals surface area contributed by atoms with E-state index in [0.717, 1.165) is 19.4 Å². The lowest BCUT2D eigenvalue weighted by Crippen LogP contribution is -2.67. The van der Waals surface area contributed by atoms with E-state index < -0.39 is 41.3 Å². The third-order valence-corrected chi connectivity index (χ3v) is 6.59. The molecule has 0 saturated carbocycles. The largest absolute Gasteiger partial charge is 0.388 e. The van der Waals surface area contributed by atoms with Crippen LogP contribution in [-0.4, -0.2) is 81.3 Å². The van der Waals surface area contributed by atoms with Crippen molar-refractivity contribution in [1.82, 2.24) is 10.6 Å². The van der Waals surface area contributed by atoms with E-state index in [1.165, 1.54) is 11.8 Å². The van der Waals surface area contributed by atoms with Crippen LogP contribution < -0.4 is 10.6 Å². The predicted molar refractivity (Wildman–Crippen MR) is 107 cm³/mol. The van der Waals surface area contributed by atoms with Gasteiger partial charge in [-0.05, 0) is 31.4 Å². The summed E-state index contributed by atoms with van der Waals surface area (Å²) in [6.45, 7) is 6.85. The molecule has 0 radical (unpaired) electrons. The molecule has 0 unspecified atom stereocenters. The van der Waals surface area contributed by atoms with Gasteiger partial charge in [-0.25, -0.2) is 0 Å².